The van der Waals surface area contributed by atoms with Gasteiger partial charge >= 0.3 is 0 Å². The summed E-state index contributed by atoms with van der Waals surface area (Å²) in [5, 5.41) is 0.572. The molecule has 2 rings (SSSR count). The van der Waals surface area contributed by atoms with Gasteiger partial charge in [-0.05, 0) is 17.6 Å². The molecule has 0 atom stereocenters. The molecule has 0 aliphatic rings. The quantitative estimate of drug-likeness (QED) is 0.700. The van der Waals surface area contributed by atoms with Crippen molar-refractivity contribution in [2.24, 2.45) is 0 Å². The third-order valence-corrected chi connectivity index (χ3v) is 4.08. The van der Waals surface area contributed by atoms with Crippen LogP contribution in [0.2, 0.25) is 0 Å². The molecule has 2 aromatic rings. The van der Waals surface area contributed by atoms with Crippen LogP contribution in [0.3, 0.4) is 0 Å². The Bertz CT molecular complexity index is 508. The molecule has 2 aromatic heterocycles. The van der Waals surface area contributed by atoms with Gasteiger partial charge in [0.25, 0.3) is 0 Å². The molecule has 0 radical (unpaired) electrons. The summed E-state index contributed by atoms with van der Waals surface area (Å²) in [6.07, 6.45) is 2.59. The van der Waals surface area contributed by atoms with Crippen molar-refractivity contribution in [2.45, 2.75) is 4.21 Å². The minimum atomic E-state index is -3.16. The first kappa shape index (κ1) is 7.75. The van der Waals surface area contributed by atoms with Gasteiger partial charge in [-0.3, -0.25) is 0 Å². The summed E-state index contributed by atoms with van der Waals surface area (Å²) in [7, 11) is -3.16. The summed E-state index contributed by atoms with van der Waals surface area (Å²) in [5.74, 6) is 0. The molecule has 0 aromatic carbocycles. The highest BCUT2D eigenvalue weighted by Gasteiger charge is 2.17. The summed E-state index contributed by atoms with van der Waals surface area (Å²) >= 11 is 0.945. The van der Waals surface area contributed by atoms with Crippen molar-refractivity contribution in [3.05, 3.63) is 12.3 Å². The molecule has 2 heterocycles. The van der Waals surface area contributed by atoms with Crippen LogP contribution < -0.4 is 0 Å². The molecule has 0 fully saturated rings. The van der Waals surface area contributed by atoms with Crippen LogP contribution in [-0.4, -0.2) is 19.0 Å². The smallest absolute Gasteiger partial charge is 0.238 e. The number of aromatic nitrogens is 1. The van der Waals surface area contributed by atoms with Gasteiger partial charge in [-0.2, -0.15) is 4.37 Å². The maximum Gasteiger partial charge on any atom is 0.238 e. The van der Waals surface area contributed by atoms with E-state index in [-0.39, 0.29) is 4.21 Å². The van der Waals surface area contributed by atoms with Gasteiger partial charge in [0.1, 0.15) is 0 Å². The van der Waals surface area contributed by atoms with Crippen LogP contribution in [-0.2, 0) is 9.84 Å². The van der Waals surface area contributed by atoms with Gasteiger partial charge in [0, 0.05) is 6.26 Å². The number of sulfone groups is 1. The van der Waals surface area contributed by atoms with E-state index in [4.69, 9.17) is 4.42 Å². The molecular weight excluding hydrogens is 198 g/mol. The minimum absolute atomic E-state index is 0.270. The number of hydrogen-bond donors (Lipinski definition) is 0. The molecule has 64 valence electrons. The predicted octanol–water partition coefficient (Wildman–Crippen LogP) is 1.29. The maximum atomic E-state index is 11.1. The lowest BCUT2D eigenvalue weighted by atomic mass is 10.5. The van der Waals surface area contributed by atoms with E-state index in [1.54, 1.807) is 6.07 Å². The lowest BCUT2D eigenvalue weighted by Gasteiger charge is -1.87. The zero-order valence-corrected chi connectivity index (χ0v) is 7.78. The van der Waals surface area contributed by atoms with Crippen LogP contribution in [0, 0.1) is 0 Å². The van der Waals surface area contributed by atoms with E-state index >= 15 is 0 Å². The van der Waals surface area contributed by atoms with Gasteiger partial charge in [-0.15, -0.1) is 0 Å². The van der Waals surface area contributed by atoms with Crippen LogP contribution in [0.4, 0.5) is 0 Å². The summed E-state index contributed by atoms with van der Waals surface area (Å²) < 4.78 is 31.3. The van der Waals surface area contributed by atoms with Crippen LogP contribution in [0.15, 0.2) is 21.0 Å². The Morgan fingerprint density at radius 2 is 2.33 bits per heavy atom. The molecule has 12 heavy (non-hydrogen) atoms. The fourth-order valence-electron chi connectivity index (χ4n) is 0.927. The van der Waals surface area contributed by atoms with E-state index in [1.165, 1.54) is 6.26 Å². The second-order valence-electron chi connectivity index (χ2n) is 2.38. The van der Waals surface area contributed by atoms with Gasteiger partial charge in [-0.1, -0.05) is 0 Å². The molecule has 0 aliphatic carbocycles. The number of hydrogen-bond acceptors (Lipinski definition) is 5. The molecule has 6 heteroatoms. The lowest BCUT2D eigenvalue weighted by molar-refractivity contribution is 0.603. The van der Waals surface area contributed by atoms with E-state index in [9.17, 15) is 8.42 Å². The van der Waals surface area contributed by atoms with Crippen molar-refractivity contribution < 1.29 is 12.8 Å². The van der Waals surface area contributed by atoms with Crippen molar-refractivity contribution in [3.63, 3.8) is 0 Å². The van der Waals surface area contributed by atoms with Crippen molar-refractivity contribution in [1.82, 2.24) is 4.37 Å². The van der Waals surface area contributed by atoms with E-state index < -0.39 is 9.84 Å². The first-order valence-electron chi connectivity index (χ1n) is 3.12. The van der Waals surface area contributed by atoms with Crippen molar-refractivity contribution in [1.29, 1.82) is 0 Å². The first-order valence-corrected chi connectivity index (χ1v) is 5.78. The van der Waals surface area contributed by atoms with E-state index in [2.05, 4.69) is 4.37 Å². The SMILES string of the molecule is CS(=O)(=O)c1snc2occc12. The highest BCUT2D eigenvalue weighted by molar-refractivity contribution is 7.92. The van der Waals surface area contributed by atoms with Crippen molar-refractivity contribution in [2.75, 3.05) is 6.26 Å². The van der Waals surface area contributed by atoms with E-state index in [1.807, 2.05) is 0 Å². The third-order valence-electron chi connectivity index (χ3n) is 1.41. The Morgan fingerprint density at radius 1 is 1.58 bits per heavy atom. The van der Waals surface area contributed by atoms with Gasteiger partial charge in [0.2, 0.25) is 5.71 Å². The maximum absolute atomic E-state index is 11.1. The average molecular weight is 203 g/mol. The summed E-state index contributed by atoms with van der Waals surface area (Å²) in [4.78, 5) is 0. The molecule has 0 amide bonds. The molecule has 0 spiro atoms. The highest BCUT2D eigenvalue weighted by Crippen LogP contribution is 2.27. The van der Waals surface area contributed by atoms with Crippen LogP contribution in [0.1, 0.15) is 0 Å². The number of nitrogens with zero attached hydrogens (tertiary/aromatic N) is 1. The predicted molar refractivity (Wildman–Crippen MR) is 45.0 cm³/mol. The third kappa shape index (κ3) is 1.03. The monoisotopic (exact) mass is 203 g/mol. The number of fused-ring (bicyclic) bond motifs is 1. The van der Waals surface area contributed by atoms with Crippen molar-refractivity contribution >= 4 is 32.5 Å². The standard InChI is InChI=1S/C6H5NO3S2/c1-12(8,9)6-4-2-3-10-5(4)7-11-6/h2-3H,1H3. The lowest BCUT2D eigenvalue weighted by Crippen LogP contribution is -1.92. The Kier molecular flexibility index (Phi) is 1.49. The molecule has 0 saturated carbocycles. The fourth-order valence-corrected chi connectivity index (χ4v) is 2.70. The summed E-state index contributed by atoms with van der Waals surface area (Å²) in [6, 6.07) is 1.61. The van der Waals surface area contributed by atoms with Crippen LogP contribution in [0.25, 0.3) is 11.1 Å². The molecule has 0 bridgehead atoms. The Hall–Kier alpha value is -0.880. The van der Waals surface area contributed by atoms with Gasteiger partial charge in [-0.25, -0.2) is 8.42 Å². The average Bonchev–Trinajstić information content (AvgIpc) is 2.37. The Morgan fingerprint density at radius 3 is 3.00 bits per heavy atom. The van der Waals surface area contributed by atoms with Gasteiger partial charge in [0.15, 0.2) is 14.0 Å². The molecule has 0 saturated heterocycles. The zero-order chi connectivity index (χ0) is 8.77. The van der Waals surface area contributed by atoms with Gasteiger partial charge < -0.3 is 4.42 Å². The van der Waals surface area contributed by atoms with Crippen LogP contribution in [0.5, 0.6) is 0 Å². The van der Waals surface area contributed by atoms with Crippen molar-refractivity contribution in [3.8, 4) is 0 Å². The first-order chi connectivity index (χ1) is 5.59. The molecule has 0 N–H and O–H groups in total. The second kappa shape index (κ2) is 2.30. The molecule has 0 aliphatic heterocycles. The number of rotatable bonds is 1. The minimum Gasteiger partial charge on any atom is -0.445 e. The topological polar surface area (TPSA) is 60.2 Å². The normalized spacial score (nSPS) is 12.4. The zero-order valence-electron chi connectivity index (χ0n) is 6.14. The summed E-state index contributed by atoms with van der Waals surface area (Å²) in [6.45, 7) is 0. The fraction of sp³-hybridized carbons (Fsp3) is 0.167. The largest absolute Gasteiger partial charge is 0.445 e. The molecule has 0 unspecified atom stereocenters. The molecular formula is C6H5NO3S2. The second-order valence-corrected chi connectivity index (χ2v) is 5.37. The van der Waals surface area contributed by atoms with E-state index in [0.29, 0.717) is 11.1 Å². The number of furan rings is 1. The van der Waals surface area contributed by atoms with Gasteiger partial charge in [0.05, 0.1) is 11.6 Å². The Balaban J connectivity index is 2.87. The van der Waals surface area contributed by atoms with Crippen LogP contribution >= 0.6 is 11.5 Å². The Labute approximate surface area is 72.9 Å². The summed E-state index contributed by atoms with van der Waals surface area (Å²) in [5.41, 5.74) is 0.389. The highest BCUT2D eigenvalue weighted by atomic mass is 32.2. The van der Waals surface area contributed by atoms with E-state index in [0.717, 1.165) is 17.8 Å². The molecule has 4 nitrogen and oxygen atoms in total.